The Labute approximate surface area is 190 Å². The predicted molar refractivity (Wildman–Crippen MR) is 124 cm³/mol. The number of ether oxygens (including phenoxy) is 3. The van der Waals surface area contributed by atoms with E-state index in [2.05, 4.69) is 43.3 Å². The lowest BCUT2D eigenvalue weighted by atomic mass is 9.80. The van der Waals surface area contributed by atoms with Gasteiger partial charge in [-0.2, -0.15) is 0 Å². The molecule has 1 aliphatic carbocycles. The van der Waals surface area contributed by atoms with Crippen LogP contribution < -0.4 is 4.74 Å². The van der Waals surface area contributed by atoms with Crippen LogP contribution in [0.4, 0.5) is 0 Å². The molecule has 3 aromatic carbocycles. The molecule has 1 aliphatic rings. The van der Waals surface area contributed by atoms with E-state index in [0.717, 1.165) is 22.4 Å². The number of hydrogen-bond acceptors (Lipinski definition) is 4. The van der Waals surface area contributed by atoms with E-state index in [9.17, 15) is 4.79 Å². The summed E-state index contributed by atoms with van der Waals surface area (Å²) in [7, 11) is 1.66. The first-order chi connectivity index (χ1) is 15.6. The Kier molecular flexibility index (Phi) is 6.61. The van der Waals surface area contributed by atoms with Gasteiger partial charge in [-0.15, -0.1) is 0 Å². The molecule has 32 heavy (non-hydrogen) atoms. The van der Waals surface area contributed by atoms with Crippen LogP contribution in [-0.2, 0) is 19.9 Å². The van der Waals surface area contributed by atoms with Crippen LogP contribution >= 0.6 is 0 Å². The molecule has 0 aliphatic heterocycles. The molecule has 0 radical (unpaired) electrons. The third kappa shape index (κ3) is 4.15. The van der Waals surface area contributed by atoms with Crippen molar-refractivity contribution >= 4 is 5.97 Å². The minimum Gasteiger partial charge on any atom is -0.497 e. The lowest BCUT2D eigenvalue weighted by molar-refractivity contribution is -0.145. The topological polar surface area (TPSA) is 44.8 Å². The van der Waals surface area contributed by atoms with Crippen molar-refractivity contribution in [3.05, 3.63) is 102 Å². The zero-order chi connectivity index (χ0) is 22.6. The third-order valence-corrected chi connectivity index (χ3v) is 6.47. The predicted octanol–water partition coefficient (Wildman–Crippen LogP) is 5.45. The molecule has 0 N–H and O–H groups in total. The number of methoxy groups -OCH3 is 1. The average Bonchev–Trinajstić information content (AvgIpc) is 3.50. The molecule has 0 bridgehead atoms. The van der Waals surface area contributed by atoms with Gasteiger partial charge >= 0.3 is 5.97 Å². The molecule has 1 saturated carbocycles. The molecule has 0 saturated heterocycles. The Bertz CT molecular complexity index is 975. The minimum absolute atomic E-state index is 0.102. The summed E-state index contributed by atoms with van der Waals surface area (Å²) >= 11 is 0. The second kappa shape index (κ2) is 9.58. The van der Waals surface area contributed by atoms with E-state index in [0.29, 0.717) is 13.2 Å². The summed E-state index contributed by atoms with van der Waals surface area (Å²) in [6, 6.07) is 28.5. The Hall–Kier alpha value is -3.11. The maximum absolute atomic E-state index is 12.3. The lowest BCUT2D eigenvalue weighted by Gasteiger charge is -2.36. The van der Waals surface area contributed by atoms with Crippen molar-refractivity contribution in [2.75, 3.05) is 20.3 Å². The molecule has 166 valence electrons. The van der Waals surface area contributed by atoms with Crippen LogP contribution in [0.1, 0.15) is 30.5 Å². The zero-order valence-corrected chi connectivity index (χ0v) is 18.9. The second-order valence-corrected chi connectivity index (χ2v) is 8.25. The summed E-state index contributed by atoms with van der Waals surface area (Å²) in [5.74, 6) is 0.952. The quantitative estimate of drug-likeness (QED) is 0.335. The van der Waals surface area contributed by atoms with Gasteiger partial charge in [-0.05, 0) is 47.6 Å². The molecule has 1 fully saturated rings. The van der Waals surface area contributed by atoms with Crippen LogP contribution in [0.3, 0.4) is 0 Å². The molecule has 0 spiro atoms. The van der Waals surface area contributed by atoms with Crippen LogP contribution in [0.2, 0.25) is 0 Å². The van der Waals surface area contributed by atoms with Crippen LogP contribution in [0.15, 0.2) is 84.9 Å². The van der Waals surface area contributed by atoms with E-state index in [-0.39, 0.29) is 23.7 Å². The lowest BCUT2D eigenvalue weighted by Crippen LogP contribution is -2.34. The van der Waals surface area contributed by atoms with Gasteiger partial charge in [-0.1, -0.05) is 79.7 Å². The molecule has 0 amide bonds. The molecule has 0 heterocycles. The first-order valence-electron chi connectivity index (χ1n) is 11.2. The highest BCUT2D eigenvalue weighted by Gasteiger charge is 2.54. The van der Waals surface area contributed by atoms with Crippen LogP contribution in [0.5, 0.6) is 5.75 Å². The van der Waals surface area contributed by atoms with Crippen molar-refractivity contribution in [2.45, 2.75) is 19.4 Å². The molecule has 4 heteroatoms. The van der Waals surface area contributed by atoms with Gasteiger partial charge in [-0.3, -0.25) is 4.79 Å². The van der Waals surface area contributed by atoms with E-state index in [1.54, 1.807) is 7.11 Å². The Balaban J connectivity index is 1.76. The highest BCUT2D eigenvalue weighted by molar-refractivity contribution is 5.76. The Morgan fingerprint density at radius 1 is 0.844 bits per heavy atom. The largest absolute Gasteiger partial charge is 0.497 e. The molecule has 3 atom stereocenters. The second-order valence-electron chi connectivity index (χ2n) is 8.25. The van der Waals surface area contributed by atoms with Gasteiger partial charge in [0.15, 0.2) is 0 Å². The summed E-state index contributed by atoms with van der Waals surface area (Å²) in [6.45, 7) is 4.80. The Morgan fingerprint density at radius 2 is 1.38 bits per heavy atom. The number of esters is 1. The fraction of sp³-hybridized carbons (Fsp3) is 0.321. The first-order valence-corrected chi connectivity index (χ1v) is 11.2. The molecule has 3 aromatic rings. The molecule has 4 nitrogen and oxygen atoms in total. The van der Waals surface area contributed by atoms with E-state index in [1.165, 1.54) is 0 Å². The van der Waals surface area contributed by atoms with Crippen molar-refractivity contribution in [3.8, 4) is 5.75 Å². The van der Waals surface area contributed by atoms with Gasteiger partial charge < -0.3 is 14.2 Å². The summed E-state index contributed by atoms with van der Waals surface area (Å²) in [5.41, 5.74) is 2.28. The fourth-order valence-corrected chi connectivity index (χ4v) is 4.57. The van der Waals surface area contributed by atoms with Crippen LogP contribution in [0.25, 0.3) is 0 Å². The van der Waals surface area contributed by atoms with Crippen LogP contribution in [0, 0.1) is 17.8 Å². The van der Waals surface area contributed by atoms with E-state index < -0.39 is 5.60 Å². The number of benzene rings is 3. The first kappa shape index (κ1) is 22.1. The van der Waals surface area contributed by atoms with Gasteiger partial charge in [-0.25, -0.2) is 0 Å². The summed E-state index contributed by atoms with van der Waals surface area (Å²) in [5, 5.41) is 0. The van der Waals surface area contributed by atoms with Gasteiger partial charge in [0.2, 0.25) is 0 Å². The van der Waals surface area contributed by atoms with Gasteiger partial charge in [0.05, 0.1) is 26.2 Å². The minimum atomic E-state index is -0.809. The molecular formula is C28H30O4. The van der Waals surface area contributed by atoms with Crippen LogP contribution in [-0.4, -0.2) is 26.3 Å². The Morgan fingerprint density at radius 3 is 1.88 bits per heavy atom. The summed E-state index contributed by atoms with van der Waals surface area (Å²) < 4.78 is 17.5. The normalized spacial score (nSPS) is 19.9. The van der Waals surface area contributed by atoms with Crippen molar-refractivity contribution < 1.29 is 19.0 Å². The van der Waals surface area contributed by atoms with Gasteiger partial charge in [0.25, 0.3) is 0 Å². The SMILES string of the molecule is CCOC(=O)C1C(C)C1COC(c1ccccc1)(c1ccccc1)c1ccc(OC)cc1. The molecule has 4 rings (SSSR count). The highest BCUT2D eigenvalue weighted by atomic mass is 16.5. The molecule has 0 aromatic heterocycles. The van der Waals surface area contributed by atoms with Crippen molar-refractivity contribution in [1.82, 2.24) is 0 Å². The zero-order valence-electron chi connectivity index (χ0n) is 18.9. The summed E-state index contributed by atoms with van der Waals surface area (Å²) in [4.78, 5) is 12.3. The number of carbonyl (C=O) groups is 1. The van der Waals surface area contributed by atoms with Crippen molar-refractivity contribution in [2.24, 2.45) is 17.8 Å². The smallest absolute Gasteiger partial charge is 0.309 e. The maximum Gasteiger partial charge on any atom is 0.309 e. The van der Waals surface area contributed by atoms with Gasteiger partial charge in [0.1, 0.15) is 11.4 Å². The highest BCUT2D eigenvalue weighted by Crippen LogP contribution is 2.49. The standard InChI is InChI=1S/C28H30O4/c1-4-31-27(29)26-20(2)25(26)19-32-28(21-11-7-5-8-12-21,22-13-9-6-10-14-22)23-15-17-24(30-3)18-16-23/h5-18,20,25-26H,4,19H2,1-3H3. The van der Waals surface area contributed by atoms with Crippen molar-refractivity contribution in [3.63, 3.8) is 0 Å². The number of rotatable bonds is 9. The molecular weight excluding hydrogens is 400 g/mol. The maximum atomic E-state index is 12.3. The monoisotopic (exact) mass is 430 g/mol. The van der Waals surface area contributed by atoms with E-state index >= 15 is 0 Å². The van der Waals surface area contributed by atoms with Gasteiger partial charge in [0, 0.05) is 0 Å². The average molecular weight is 431 g/mol. The summed E-state index contributed by atoms with van der Waals surface area (Å²) in [6.07, 6.45) is 0. The molecule has 3 unspecified atom stereocenters. The van der Waals surface area contributed by atoms with E-state index in [4.69, 9.17) is 14.2 Å². The van der Waals surface area contributed by atoms with Crippen molar-refractivity contribution in [1.29, 1.82) is 0 Å². The third-order valence-electron chi connectivity index (χ3n) is 6.47. The van der Waals surface area contributed by atoms with E-state index in [1.807, 2.05) is 55.5 Å². The fourth-order valence-electron chi connectivity index (χ4n) is 4.57. The number of hydrogen-bond donors (Lipinski definition) is 0. The number of carbonyl (C=O) groups excluding carboxylic acids is 1.